The van der Waals surface area contributed by atoms with E-state index in [9.17, 15) is 14.9 Å². The van der Waals surface area contributed by atoms with Gasteiger partial charge in [-0.05, 0) is 60.9 Å². The Hall–Kier alpha value is -4.44. The summed E-state index contributed by atoms with van der Waals surface area (Å²) in [5.41, 5.74) is 4.70. The molecule has 0 atom stereocenters. The highest BCUT2D eigenvalue weighted by atomic mass is 16.1. The number of nitrogens with zero attached hydrogens (tertiary/aromatic N) is 4. The molecule has 2 heterocycles. The van der Waals surface area contributed by atoms with E-state index < -0.39 is 5.41 Å². The van der Waals surface area contributed by atoms with Gasteiger partial charge in [-0.2, -0.15) is 5.26 Å². The first kappa shape index (κ1) is 22.7. The average Bonchev–Trinajstić information content (AvgIpc) is 2.85. The highest BCUT2D eigenvalue weighted by Gasteiger charge is 2.22. The van der Waals surface area contributed by atoms with E-state index in [0.29, 0.717) is 11.4 Å². The molecule has 0 unspecified atom stereocenters. The lowest BCUT2D eigenvalue weighted by atomic mass is 9.86. The minimum atomic E-state index is -0.631. The van der Waals surface area contributed by atoms with E-state index in [1.165, 1.54) is 6.07 Å². The van der Waals surface area contributed by atoms with Gasteiger partial charge < -0.3 is 9.88 Å². The second-order valence-electron chi connectivity index (χ2n) is 8.82. The normalized spacial score (nSPS) is 11.1. The van der Waals surface area contributed by atoms with Crippen LogP contribution in [-0.4, -0.2) is 30.5 Å². The molecular weight excluding hydrogens is 426 g/mol. The van der Waals surface area contributed by atoms with Gasteiger partial charge in [0.1, 0.15) is 0 Å². The van der Waals surface area contributed by atoms with E-state index >= 15 is 0 Å². The number of H-pyrrole nitrogens is 1. The Morgan fingerprint density at radius 1 is 1.03 bits per heavy atom. The van der Waals surface area contributed by atoms with E-state index in [1.807, 2.05) is 75.3 Å². The first-order valence-electron chi connectivity index (χ1n) is 10.8. The number of fused-ring (bicyclic) bond motifs is 1. The highest BCUT2D eigenvalue weighted by molar-refractivity contribution is 6.07. The summed E-state index contributed by atoms with van der Waals surface area (Å²) in [6, 6.07) is 18.8. The van der Waals surface area contributed by atoms with Gasteiger partial charge in [0.15, 0.2) is 0 Å². The number of carbonyl (C=O) groups is 1. The van der Waals surface area contributed by atoms with Gasteiger partial charge >= 0.3 is 0 Å². The Morgan fingerprint density at radius 3 is 2.32 bits per heavy atom. The molecule has 0 fully saturated rings. The average molecular weight is 452 g/mol. The van der Waals surface area contributed by atoms with Gasteiger partial charge in [0.25, 0.3) is 0 Å². The van der Waals surface area contributed by atoms with Gasteiger partial charge in [-0.1, -0.05) is 18.2 Å². The Labute approximate surface area is 197 Å². The van der Waals surface area contributed by atoms with Gasteiger partial charge in [0.05, 0.1) is 34.6 Å². The standard InChI is InChI=1S/C27H25N5O2/c1-27(2,16-28)20-7-9-21(10-8-20)32(17-33)26-22-13-18(19-6-12-25(34)30-14-19)5-11-23(22)29-15-24(26)31(3)4/h5-15,17H,1-4H3,(H,30,34). The summed E-state index contributed by atoms with van der Waals surface area (Å²) in [5.74, 6) is 0. The zero-order valence-electron chi connectivity index (χ0n) is 19.5. The zero-order chi connectivity index (χ0) is 24.5. The van der Waals surface area contributed by atoms with Crippen LogP contribution in [0.4, 0.5) is 17.1 Å². The van der Waals surface area contributed by atoms with Crippen molar-refractivity contribution < 1.29 is 4.79 Å². The van der Waals surface area contributed by atoms with E-state index in [1.54, 1.807) is 23.4 Å². The Balaban J connectivity index is 1.92. The molecule has 34 heavy (non-hydrogen) atoms. The summed E-state index contributed by atoms with van der Waals surface area (Å²) < 4.78 is 0. The predicted molar refractivity (Wildman–Crippen MR) is 135 cm³/mol. The largest absolute Gasteiger partial charge is 0.375 e. The molecule has 0 spiro atoms. The minimum absolute atomic E-state index is 0.169. The van der Waals surface area contributed by atoms with Gasteiger partial charge in [0.2, 0.25) is 12.0 Å². The topological polar surface area (TPSA) is 93.1 Å². The second kappa shape index (κ2) is 8.83. The van der Waals surface area contributed by atoms with Crippen LogP contribution in [0, 0.1) is 11.3 Å². The number of pyridine rings is 2. The monoisotopic (exact) mass is 451 g/mol. The van der Waals surface area contributed by atoms with Crippen LogP contribution in [0.2, 0.25) is 0 Å². The Morgan fingerprint density at radius 2 is 1.74 bits per heavy atom. The fraction of sp³-hybridized carbons (Fsp3) is 0.185. The molecule has 0 aliphatic carbocycles. The smallest absolute Gasteiger partial charge is 0.247 e. The number of carbonyl (C=O) groups excluding carboxylic acids is 1. The number of hydrogen-bond acceptors (Lipinski definition) is 5. The highest BCUT2D eigenvalue weighted by Crippen LogP contribution is 2.40. The van der Waals surface area contributed by atoms with Crippen LogP contribution in [0.5, 0.6) is 0 Å². The van der Waals surface area contributed by atoms with Crippen LogP contribution in [0.15, 0.2) is 71.8 Å². The van der Waals surface area contributed by atoms with E-state index in [-0.39, 0.29) is 5.56 Å². The lowest BCUT2D eigenvalue weighted by Gasteiger charge is -2.26. The number of hydrogen-bond donors (Lipinski definition) is 1. The number of benzene rings is 2. The first-order chi connectivity index (χ1) is 16.2. The fourth-order valence-electron chi connectivity index (χ4n) is 3.86. The molecule has 170 valence electrons. The molecule has 0 aliphatic heterocycles. The van der Waals surface area contributed by atoms with Gasteiger partial charge in [-0.3, -0.25) is 19.5 Å². The molecule has 0 saturated heterocycles. The van der Waals surface area contributed by atoms with Crippen LogP contribution in [0.3, 0.4) is 0 Å². The first-order valence-corrected chi connectivity index (χ1v) is 10.8. The molecule has 2 aromatic heterocycles. The molecule has 0 radical (unpaired) electrons. The predicted octanol–water partition coefficient (Wildman–Crippen LogP) is 4.75. The van der Waals surface area contributed by atoms with Crippen molar-refractivity contribution in [3.8, 4) is 17.2 Å². The van der Waals surface area contributed by atoms with Crippen LogP contribution < -0.4 is 15.4 Å². The van der Waals surface area contributed by atoms with Crippen molar-refractivity contribution in [2.75, 3.05) is 23.9 Å². The maximum Gasteiger partial charge on any atom is 0.247 e. The number of rotatable bonds is 6. The van der Waals surface area contributed by atoms with Crippen LogP contribution in [-0.2, 0) is 10.2 Å². The molecule has 4 rings (SSSR count). The van der Waals surface area contributed by atoms with Crippen LogP contribution in [0.25, 0.3) is 22.0 Å². The fourth-order valence-corrected chi connectivity index (χ4v) is 3.86. The third-order valence-electron chi connectivity index (χ3n) is 5.91. The maximum atomic E-state index is 12.4. The zero-order valence-corrected chi connectivity index (χ0v) is 19.5. The molecule has 7 heteroatoms. The lowest BCUT2D eigenvalue weighted by Crippen LogP contribution is -2.20. The van der Waals surface area contributed by atoms with E-state index in [0.717, 1.165) is 39.7 Å². The quantitative estimate of drug-likeness (QED) is 0.427. The van der Waals surface area contributed by atoms with E-state index in [2.05, 4.69) is 16.0 Å². The number of aromatic amines is 1. The number of nitrogens with one attached hydrogen (secondary N) is 1. The van der Waals surface area contributed by atoms with Crippen molar-refractivity contribution in [1.82, 2.24) is 9.97 Å². The van der Waals surface area contributed by atoms with E-state index in [4.69, 9.17) is 0 Å². The molecule has 7 nitrogen and oxygen atoms in total. The number of anilines is 3. The van der Waals surface area contributed by atoms with Crippen molar-refractivity contribution in [3.63, 3.8) is 0 Å². The number of amides is 1. The molecule has 1 amide bonds. The third kappa shape index (κ3) is 4.14. The molecule has 0 bridgehead atoms. The van der Waals surface area contributed by atoms with Gasteiger partial charge in [-0.25, -0.2) is 0 Å². The van der Waals surface area contributed by atoms with Crippen molar-refractivity contribution in [1.29, 1.82) is 5.26 Å². The summed E-state index contributed by atoms with van der Waals surface area (Å²) in [6.07, 6.45) is 4.21. The van der Waals surface area contributed by atoms with Gasteiger partial charge in [0, 0.05) is 37.4 Å². The summed E-state index contributed by atoms with van der Waals surface area (Å²) in [4.78, 5) is 34.8. The molecule has 1 N–H and O–H groups in total. The van der Waals surface area contributed by atoms with Crippen LogP contribution in [0.1, 0.15) is 19.4 Å². The second-order valence-corrected chi connectivity index (χ2v) is 8.82. The Kier molecular flexibility index (Phi) is 5.91. The lowest BCUT2D eigenvalue weighted by molar-refractivity contribution is -0.106. The Bertz CT molecular complexity index is 1440. The van der Waals surface area contributed by atoms with Crippen molar-refractivity contribution in [2.45, 2.75) is 19.3 Å². The van der Waals surface area contributed by atoms with Crippen molar-refractivity contribution in [2.24, 2.45) is 0 Å². The third-order valence-corrected chi connectivity index (χ3v) is 5.91. The molecule has 4 aromatic rings. The van der Waals surface area contributed by atoms with Crippen molar-refractivity contribution in [3.05, 3.63) is 82.9 Å². The molecule has 0 aliphatic rings. The minimum Gasteiger partial charge on any atom is -0.375 e. The van der Waals surface area contributed by atoms with Crippen molar-refractivity contribution >= 4 is 34.4 Å². The summed E-state index contributed by atoms with van der Waals surface area (Å²) >= 11 is 0. The number of aromatic nitrogens is 2. The van der Waals surface area contributed by atoms with Gasteiger partial charge in [-0.15, -0.1) is 0 Å². The SMILES string of the molecule is CN(C)c1cnc2ccc(-c3ccc(=O)[nH]c3)cc2c1N(C=O)c1ccc(C(C)(C)C#N)cc1. The maximum absolute atomic E-state index is 12.4. The summed E-state index contributed by atoms with van der Waals surface area (Å²) in [7, 11) is 3.80. The molecule has 0 saturated carbocycles. The summed E-state index contributed by atoms with van der Waals surface area (Å²) in [5, 5.41) is 10.2. The summed E-state index contributed by atoms with van der Waals surface area (Å²) in [6.45, 7) is 3.72. The molecular formula is C27H25N5O2. The van der Waals surface area contributed by atoms with Crippen LogP contribution >= 0.6 is 0 Å². The molecule has 2 aromatic carbocycles. The number of nitriles is 1.